The van der Waals surface area contributed by atoms with Gasteiger partial charge in [-0.25, -0.2) is 4.79 Å². The van der Waals surface area contributed by atoms with Crippen LogP contribution >= 0.6 is 0 Å². The molecule has 5 rings (SSSR count). The maximum Gasteiger partial charge on any atom is 0.326 e. The Balaban J connectivity index is 1.49. The molecule has 0 bridgehead atoms. The summed E-state index contributed by atoms with van der Waals surface area (Å²) >= 11 is 0. The number of hydrogen-bond acceptors (Lipinski definition) is 8. The Morgan fingerprint density at radius 3 is 2.45 bits per heavy atom. The average Bonchev–Trinajstić information content (AvgIpc) is 3.33. The third-order valence-corrected chi connectivity index (χ3v) is 5.36. The third kappa shape index (κ3) is 3.73. The van der Waals surface area contributed by atoms with Crippen LogP contribution in [0.1, 0.15) is 44.1 Å². The van der Waals surface area contributed by atoms with Gasteiger partial charge in [-0.2, -0.15) is 19.6 Å². The summed E-state index contributed by atoms with van der Waals surface area (Å²) in [6.45, 7) is 0. The summed E-state index contributed by atoms with van der Waals surface area (Å²) in [6, 6.07) is 0.0150. The average molecular weight is 398 g/mol. The van der Waals surface area contributed by atoms with Gasteiger partial charge in [0.2, 0.25) is 11.9 Å². The molecule has 5 N–H and O–H groups in total. The largest absolute Gasteiger partial charge is 0.393 e. The minimum absolute atomic E-state index is 0.149. The van der Waals surface area contributed by atoms with E-state index in [2.05, 4.69) is 36.3 Å². The van der Waals surface area contributed by atoms with Gasteiger partial charge in [0, 0.05) is 17.6 Å². The summed E-state index contributed by atoms with van der Waals surface area (Å²) in [7, 11) is 0. The molecular weight excluding hydrogens is 376 g/mol. The second-order valence-corrected chi connectivity index (χ2v) is 7.74. The zero-order chi connectivity index (χ0) is 20.0. The van der Waals surface area contributed by atoms with E-state index < -0.39 is 11.9 Å². The van der Waals surface area contributed by atoms with E-state index in [1.807, 2.05) is 0 Å². The summed E-state index contributed by atoms with van der Waals surface area (Å²) in [5.74, 6) is 0.571. The van der Waals surface area contributed by atoms with Gasteiger partial charge in [-0.05, 0) is 44.6 Å². The van der Waals surface area contributed by atoms with Crippen molar-refractivity contribution in [3.05, 3.63) is 17.5 Å². The number of nitrogens with one attached hydrogen (secondary N) is 4. The fourth-order valence-electron chi connectivity index (χ4n) is 3.61. The van der Waals surface area contributed by atoms with Crippen molar-refractivity contribution < 1.29 is 14.7 Å². The number of fused-ring (bicyclic) bond motifs is 1. The van der Waals surface area contributed by atoms with Crippen LogP contribution in [0.2, 0.25) is 0 Å². The minimum Gasteiger partial charge on any atom is -0.393 e. The molecule has 0 unspecified atom stereocenters. The van der Waals surface area contributed by atoms with Gasteiger partial charge >= 0.3 is 6.03 Å². The van der Waals surface area contributed by atoms with Crippen LogP contribution in [0.3, 0.4) is 0 Å². The Morgan fingerprint density at radius 1 is 1.03 bits per heavy atom. The smallest absolute Gasteiger partial charge is 0.326 e. The standard InChI is InChI=1S/C18H22N8O3/c27-12-5-3-10(4-6-12)20-16-23-14-9(7-13-15(28)24-18(29)22-13)8-19-26(14)17(25-16)21-11-1-2-11/h7-8,10-12,27H,1-6H2,(H2,20,21,23,25)(H2,22,24,28,29)/b13-7-/t10-,12-. The van der Waals surface area contributed by atoms with E-state index >= 15 is 0 Å². The quantitative estimate of drug-likeness (QED) is 0.363. The van der Waals surface area contributed by atoms with Crippen LogP contribution < -0.4 is 21.3 Å². The Bertz CT molecular complexity index is 1000. The summed E-state index contributed by atoms with van der Waals surface area (Å²) < 4.78 is 1.61. The molecule has 3 aliphatic rings. The maximum absolute atomic E-state index is 11.9. The Hall–Kier alpha value is -3.21. The van der Waals surface area contributed by atoms with E-state index in [-0.39, 0.29) is 17.8 Å². The number of rotatable bonds is 5. The highest BCUT2D eigenvalue weighted by Gasteiger charge is 2.26. The number of amides is 3. The number of imide groups is 1. The molecule has 11 nitrogen and oxygen atoms in total. The first-order chi connectivity index (χ1) is 14.0. The Morgan fingerprint density at radius 2 is 1.76 bits per heavy atom. The molecule has 1 aliphatic heterocycles. The third-order valence-electron chi connectivity index (χ3n) is 5.36. The highest BCUT2D eigenvalue weighted by molar-refractivity contribution is 6.14. The number of nitrogens with zero attached hydrogens (tertiary/aromatic N) is 4. The van der Waals surface area contributed by atoms with Crippen LogP contribution in [0.4, 0.5) is 16.7 Å². The van der Waals surface area contributed by atoms with Gasteiger partial charge < -0.3 is 21.1 Å². The first-order valence-corrected chi connectivity index (χ1v) is 9.86. The van der Waals surface area contributed by atoms with Crippen LogP contribution in [0, 0.1) is 0 Å². The lowest BCUT2D eigenvalue weighted by molar-refractivity contribution is -0.115. The lowest BCUT2D eigenvalue weighted by Gasteiger charge is -2.26. The molecule has 29 heavy (non-hydrogen) atoms. The van der Waals surface area contributed by atoms with Crippen molar-refractivity contribution in [1.29, 1.82) is 0 Å². The zero-order valence-corrected chi connectivity index (χ0v) is 15.7. The predicted molar refractivity (Wildman–Crippen MR) is 104 cm³/mol. The van der Waals surface area contributed by atoms with E-state index in [0.29, 0.717) is 29.1 Å². The van der Waals surface area contributed by atoms with Crippen LogP contribution in [-0.2, 0) is 4.79 Å². The summed E-state index contributed by atoms with van der Waals surface area (Å²) in [5, 5.41) is 25.5. The van der Waals surface area contributed by atoms with Crippen LogP contribution in [0.5, 0.6) is 0 Å². The number of anilines is 2. The number of aliphatic hydroxyl groups is 1. The van der Waals surface area contributed by atoms with Crippen molar-refractivity contribution in [3.63, 3.8) is 0 Å². The van der Waals surface area contributed by atoms with Gasteiger partial charge in [-0.3, -0.25) is 10.1 Å². The molecule has 0 spiro atoms. The molecule has 2 aromatic heterocycles. The lowest BCUT2D eigenvalue weighted by atomic mass is 9.93. The monoisotopic (exact) mass is 398 g/mol. The van der Waals surface area contributed by atoms with Gasteiger partial charge in [0.25, 0.3) is 5.91 Å². The number of hydrogen-bond donors (Lipinski definition) is 5. The van der Waals surface area contributed by atoms with E-state index in [4.69, 9.17) is 0 Å². The molecule has 2 aliphatic carbocycles. The minimum atomic E-state index is -0.551. The fraction of sp³-hybridized carbons (Fsp3) is 0.500. The van der Waals surface area contributed by atoms with E-state index in [1.165, 1.54) is 0 Å². The predicted octanol–water partition coefficient (Wildman–Crippen LogP) is 0.594. The number of aromatic nitrogens is 4. The molecule has 3 heterocycles. The fourth-order valence-corrected chi connectivity index (χ4v) is 3.61. The van der Waals surface area contributed by atoms with E-state index in [9.17, 15) is 14.7 Å². The van der Waals surface area contributed by atoms with Crippen LogP contribution in [0.25, 0.3) is 11.7 Å². The molecule has 2 aromatic rings. The van der Waals surface area contributed by atoms with E-state index in [1.54, 1.807) is 16.8 Å². The van der Waals surface area contributed by atoms with Crippen molar-refractivity contribution in [2.75, 3.05) is 10.6 Å². The number of aliphatic hydroxyl groups excluding tert-OH is 1. The van der Waals surface area contributed by atoms with Crippen molar-refractivity contribution in [2.24, 2.45) is 0 Å². The Labute approximate surface area is 166 Å². The molecule has 3 fully saturated rings. The van der Waals surface area contributed by atoms with Gasteiger partial charge in [0.05, 0.1) is 12.3 Å². The van der Waals surface area contributed by atoms with Gasteiger partial charge in [-0.15, -0.1) is 0 Å². The highest BCUT2D eigenvalue weighted by Crippen LogP contribution is 2.27. The first-order valence-electron chi connectivity index (χ1n) is 9.86. The van der Waals surface area contributed by atoms with Crippen molar-refractivity contribution in [3.8, 4) is 0 Å². The number of carbonyl (C=O) groups is 2. The normalized spacial score (nSPS) is 25.9. The second-order valence-electron chi connectivity index (χ2n) is 7.74. The van der Waals surface area contributed by atoms with Gasteiger partial charge in [0.1, 0.15) is 5.70 Å². The SMILES string of the molecule is O=C1NC(=O)/C(=C/c2cnn3c(NC4CC4)nc(N[C@H]4CC[C@H](O)CC4)nc23)N1. The zero-order valence-electron chi connectivity index (χ0n) is 15.7. The topological polar surface area (TPSA) is 146 Å². The van der Waals surface area contributed by atoms with Crippen molar-refractivity contribution >= 4 is 35.6 Å². The van der Waals surface area contributed by atoms with E-state index in [0.717, 1.165) is 38.5 Å². The molecular formula is C18H22N8O3. The maximum atomic E-state index is 11.9. The molecule has 0 aromatic carbocycles. The van der Waals surface area contributed by atoms with Crippen LogP contribution in [0.15, 0.2) is 11.9 Å². The summed E-state index contributed by atoms with van der Waals surface area (Å²) in [6.07, 6.45) is 8.29. The molecule has 0 atom stereocenters. The lowest BCUT2D eigenvalue weighted by Crippen LogP contribution is -2.29. The molecule has 0 radical (unpaired) electrons. The van der Waals surface area contributed by atoms with Crippen LogP contribution in [-0.4, -0.2) is 54.8 Å². The number of urea groups is 1. The molecule has 11 heteroatoms. The first kappa shape index (κ1) is 17.9. The Kier molecular flexibility index (Phi) is 4.31. The van der Waals surface area contributed by atoms with Crippen molar-refractivity contribution in [1.82, 2.24) is 30.2 Å². The highest BCUT2D eigenvalue weighted by atomic mass is 16.3. The second kappa shape index (κ2) is 6.99. The summed E-state index contributed by atoms with van der Waals surface area (Å²) in [5.41, 5.74) is 1.28. The molecule has 3 amide bonds. The molecule has 2 saturated carbocycles. The number of carbonyl (C=O) groups excluding carboxylic acids is 2. The molecule has 152 valence electrons. The summed E-state index contributed by atoms with van der Waals surface area (Å²) in [4.78, 5) is 32.4. The molecule has 1 saturated heterocycles. The van der Waals surface area contributed by atoms with Gasteiger partial charge in [0.15, 0.2) is 5.65 Å². The van der Waals surface area contributed by atoms with Crippen molar-refractivity contribution in [2.45, 2.75) is 56.7 Å². The van der Waals surface area contributed by atoms with Gasteiger partial charge in [-0.1, -0.05) is 0 Å².